The summed E-state index contributed by atoms with van der Waals surface area (Å²) in [4.78, 5) is 9.76. The summed E-state index contributed by atoms with van der Waals surface area (Å²) in [5.74, 6) is 0.716. The Kier molecular flexibility index (Phi) is 2.76. The highest BCUT2D eigenvalue weighted by Gasteiger charge is 2.12. The van der Waals surface area contributed by atoms with Crippen molar-refractivity contribution in [2.45, 2.75) is 20.8 Å². The summed E-state index contributed by atoms with van der Waals surface area (Å²) in [5.41, 5.74) is 3.14. The van der Waals surface area contributed by atoms with E-state index in [-0.39, 0.29) is 0 Å². The lowest BCUT2D eigenvalue weighted by molar-refractivity contribution is 1.04. The molecule has 0 bridgehead atoms. The minimum absolute atomic E-state index is 0.547. The lowest BCUT2D eigenvalue weighted by atomic mass is 10.1. The summed E-state index contributed by atoms with van der Waals surface area (Å²) < 4.78 is 0. The summed E-state index contributed by atoms with van der Waals surface area (Å²) in [5, 5.41) is 2.61. The fourth-order valence-electron chi connectivity index (χ4n) is 1.43. The zero-order valence-electron chi connectivity index (χ0n) is 8.84. The number of hydrogen-bond acceptors (Lipinski definition) is 3. The van der Waals surface area contributed by atoms with E-state index in [4.69, 9.17) is 11.6 Å². The van der Waals surface area contributed by atoms with Gasteiger partial charge in [-0.3, -0.25) is 0 Å². The molecule has 0 N–H and O–H groups in total. The predicted octanol–water partition coefficient (Wildman–Crippen LogP) is 3.78. The van der Waals surface area contributed by atoms with E-state index in [0.29, 0.717) is 11.0 Å². The molecule has 0 radical (unpaired) electrons. The maximum absolute atomic E-state index is 6.04. The monoisotopic (exact) mass is 238 g/mol. The molecule has 4 heteroatoms. The van der Waals surface area contributed by atoms with Crippen molar-refractivity contribution in [3.63, 3.8) is 0 Å². The van der Waals surface area contributed by atoms with Gasteiger partial charge in [0.05, 0.1) is 10.6 Å². The van der Waals surface area contributed by atoms with Gasteiger partial charge in [0.25, 0.3) is 0 Å². The van der Waals surface area contributed by atoms with Gasteiger partial charge in [-0.15, -0.1) is 11.3 Å². The van der Waals surface area contributed by atoms with Crippen LogP contribution in [-0.2, 0) is 0 Å². The third kappa shape index (κ3) is 1.90. The molecule has 0 fully saturated rings. The first-order chi connectivity index (χ1) is 7.09. The van der Waals surface area contributed by atoms with Gasteiger partial charge in [-0.1, -0.05) is 11.6 Å². The maximum Gasteiger partial charge on any atom is 0.136 e. The molecule has 78 valence electrons. The average molecular weight is 239 g/mol. The van der Waals surface area contributed by atoms with E-state index < -0.39 is 0 Å². The third-order valence-electron chi connectivity index (χ3n) is 2.28. The quantitative estimate of drug-likeness (QED) is 0.707. The van der Waals surface area contributed by atoms with Crippen LogP contribution in [0.25, 0.3) is 10.6 Å². The van der Waals surface area contributed by atoms with E-state index in [2.05, 4.69) is 28.3 Å². The Morgan fingerprint density at radius 2 is 1.93 bits per heavy atom. The third-order valence-corrected chi connectivity index (χ3v) is 3.67. The molecular formula is C11H11ClN2S. The topological polar surface area (TPSA) is 25.8 Å². The van der Waals surface area contributed by atoms with Gasteiger partial charge < -0.3 is 0 Å². The van der Waals surface area contributed by atoms with Crippen molar-refractivity contribution in [3.05, 3.63) is 33.6 Å². The van der Waals surface area contributed by atoms with Crippen molar-refractivity contribution in [3.8, 4) is 10.6 Å². The summed E-state index contributed by atoms with van der Waals surface area (Å²) >= 11 is 7.73. The number of thiophene rings is 1. The number of halogens is 1. The van der Waals surface area contributed by atoms with Crippen LogP contribution in [0, 0.1) is 20.8 Å². The zero-order chi connectivity index (χ0) is 11.0. The molecule has 2 nitrogen and oxygen atoms in total. The molecule has 2 heterocycles. The standard InChI is InChI=1S/C11H11ClN2S/c1-6-4-5-15-10(6)9-7(2)11(12)14-8(3)13-9/h4-5H,1-3H3. The van der Waals surface area contributed by atoms with E-state index >= 15 is 0 Å². The summed E-state index contributed by atoms with van der Waals surface area (Å²) in [6, 6.07) is 2.09. The molecule has 0 aliphatic heterocycles. The van der Waals surface area contributed by atoms with Crippen molar-refractivity contribution in [2.24, 2.45) is 0 Å². The van der Waals surface area contributed by atoms with Gasteiger partial charge in [-0.05, 0) is 37.8 Å². The Hall–Kier alpha value is -0.930. The van der Waals surface area contributed by atoms with E-state index in [9.17, 15) is 0 Å². The fourth-order valence-corrected chi connectivity index (χ4v) is 2.62. The number of aromatic nitrogens is 2. The molecule has 2 aromatic heterocycles. The Labute approximate surface area is 98.0 Å². The lowest BCUT2D eigenvalue weighted by Crippen LogP contribution is -1.96. The first-order valence-corrected chi connectivity index (χ1v) is 5.90. The van der Waals surface area contributed by atoms with Crippen LogP contribution >= 0.6 is 22.9 Å². The lowest BCUT2D eigenvalue weighted by Gasteiger charge is -2.06. The highest BCUT2D eigenvalue weighted by Crippen LogP contribution is 2.32. The molecule has 0 aromatic carbocycles. The minimum atomic E-state index is 0.547. The second kappa shape index (κ2) is 3.91. The normalized spacial score (nSPS) is 10.7. The smallest absolute Gasteiger partial charge is 0.136 e. The van der Waals surface area contributed by atoms with Crippen molar-refractivity contribution < 1.29 is 0 Å². The first kappa shape index (κ1) is 10.6. The Bertz CT molecular complexity index is 505. The van der Waals surface area contributed by atoms with Gasteiger partial charge in [-0.2, -0.15) is 0 Å². The van der Waals surface area contributed by atoms with Crippen LogP contribution in [0.5, 0.6) is 0 Å². The molecule has 0 unspecified atom stereocenters. The van der Waals surface area contributed by atoms with Crippen molar-refractivity contribution in [1.29, 1.82) is 0 Å². The van der Waals surface area contributed by atoms with Gasteiger partial charge in [0, 0.05) is 5.56 Å². The molecule has 0 aliphatic rings. The second-order valence-electron chi connectivity index (χ2n) is 3.47. The van der Waals surface area contributed by atoms with Crippen molar-refractivity contribution >= 4 is 22.9 Å². The summed E-state index contributed by atoms with van der Waals surface area (Å²) in [7, 11) is 0. The van der Waals surface area contributed by atoms with Gasteiger partial charge in [0.15, 0.2) is 0 Å². The summed E-state index contributed by atoms with van der Waals surface area (Å²) in [6.45, 7) is 5.89. The number of nitrogens with zero attached hydrogens (tertiary/aromatic N) is 2. The Balaban J connectivity index is 2.68. The number of hydrogen-bond donors (Lipinski definition) is 0. The van der Waals surface area contributed by atoms with Crippen molar-refractivity contribution in [2.75, 3.05) is 0 Å². The largest absolute Gasteiger partial charge is 0.232 e. The number of aryl methyl sites for hydroxylation is 2. The van der Waals surface area contributed by atoms with Crippen LogP contribution in [-0.4, -0.2) is 9.97 Å². The van der Waals surface area contributed by atoms with Gasteiger partial charge in [0.2, 0.25) is 0 Å². The van der Waals surface area contributed by atoms with Crippen LogP contribution in [0.1, 0.15) is 17.0 Å². The van der Waals surface area contributed by atoms with Gasteiger partial charge >= 0.3 is 0 Å². The van der Waals surface area contributed by atoms with E-state index in [1.165, 1.54) is 10.4 Å². The molecule has 0 saturated carbocycles. The molecule has 0 aliphatic carbocycles. The fraction of sp³-hybridized carbons (Fsp3) is 0.273. The molecule has 2 aromatic rings. The molecule has 0 spiro atoms. The summed E-state index contributed by atoms with van der Waals surface area (Å²) in [6.07, 6.45) is 0. The molecular weight excluding hydrogens is 228 g/mol. The molecule has 2 rings (SSSR count). The van der Waals surface area contributed by atoms with E-state index in [1.807, 2.05) is 13.8 Å². The second-order valence-corrected chi connectivity index (χ2v) is 4.74. The van der Waals surface area contributed by atoms with Crippen LogP contribution in [0.15, 0.2) is 11.4 Å². The SMILES string of the molecule is Cc1nc(Cl)c(C)c(-c2sccc2C)n1. The van der Waals surface area contributed by atoms with Gasteiger partial charge in [0.1, 0.15) is 11.0 Å². The maximum atomic E-state index is 6.04. The zero-order valence-corrected chi connectivity index (χ0v) is 10.4. The molecule has 15 heavy (non-hydrogen) atoms. The Morgan fingerprint density at radius 1 is 1.20 bits per heavy atom. The van der Waals surface area contributed by atoms with Crippen LogP contribution in [0.4, 0.5) is 0 Å². The number of rotatable bonds is 1. The van der Waals surface area contributed by atoms with E-state index in [0.717, 1.165) is 11.3 Å². The molecule has 0 amide bonds. The predicted molar refractivity (Wildman–Crippen MR) is 64.6 cm³/mol. The molecule has 0 atom stereocenters. The Morgan fingerprint density at radius 3 is 2.53 bits per heavy atom. The average Bonchev–Trinajstić information content (AvgIpc) is 2.58. The van der Waals surface area contributed by atoms with E-state index in [1.54, 1.807) is 11.3 Å². The van der Waals surface area contributed by atoms with Crippen LogP contribution < -0.4 is 0 Å². The minimum Gasteiger partial charge on any atom is -0.232 e. The molecule has 0 saturated heterocycles. The van der Waals surface area contributed by atoms with Crippen LogP contribution in [0.3, 0.4) is 0 Å². The highest BCUT2D eigenvalue weighted by molar-refractivity contribution is 7.13. The first-order valence-electron chi connectivity index (χ1n) is 4.65. The van der Waals surface area contributed by atoms with Crippen molar-refractivity contribution in [1.82, 2.24) is 9.97 Å². The van der Waals surface area contributed by atoms with Gasteiger partial charge in [-0.25, -0.2) is 9.97 Å². The van der Waals surface area contributed by atoms with Crippen LogP contribution in [0.2, 0.25) is 5.15 Å². The highest BCUT2D eigenvalue weighted by atomic mass is 35.5.